The van der Waals surface area contributed by atoms with Crippen LogP contribution in [0.4, 0.5) is 0 Å². The number of fused-ring (bicyclic) bond motifs is 1. The zero-order valence-electron chi connectivity index (χ0n) is 15.4. The SMILES string of the molecule is Cc1noc(C)c1-c1c(-c2ccc(O)cc2)c2c(n1/C(N)=N/O)CCCC2. The first-order valence-corrected chi connectivity index (χ1v) is 9.00. The molecule has 4 rings (SSSR count). The first kappa shape index (κ1) is 17.2. The average Bonchev–Trinajstić information content (AvgIpc) is 3.18. The molecule has 1 aromatic carbocycles. The second-order valence-electron chi connectivity index (χ2n) is 6.90. The number of aromatic nitrogens is 2. The van der Waals surface area contributed by atoms with Crippen molar-refractivity contribution in [3.05, 3.63) is 47.0 Å². The smallest absolute Gasteiger partial charge is 0.242 e. The zero-order valence-corrected chi connectivity index (χ0v) is 15.4. The molecule has 7 nitrogen and oxygen atoms in total. The summed E-state index contributed by atoms with van der Waals surface area (Å²) in [7, 11) is 0. The maximum absolute atomic E-state index is 9.71. The predicted molar refractivity (Wildman–Crippen MR) is 102 cm³/mol. The van der Waals surface area contributed by atoms with E-state index in [9.17, 15) is 10.3 Å². The average molecular weight is 366 g/mol. The van der Waals surface area contributed by atoms with E-state index in [4.69, 9.17) is 10.3 Å². The molecule has 3 aromatic rings. The van der Waals surface area contributed by atoms with Gasteiger partial charge in [0.05, 0.1) is 17.0 Å². The molecule has 0 saturated carbocycles. The molecule has 27 heavy (non-hydrogen) atoms. The fraction of sp³-hybridized carbons (Fsp3) is 0.300. The third-order valence-corrected chi connectivity index (χ3v) is 5.23. The van der Waals surface area contributed by atoms with Crippen molar-refractivity contribution >= 4 is 5.96 Å². The molecule has 0 spiro atoms. The second kappa shape index (κ2) is 6.50. The van der Waals surface area contributed by atoms with Gasteiger partial charge in [-0.25, -0.2) is 0 Å². The highest BCUT2D eigenvalue weighted by molar-refractivity contribution is 5.96. The van der Waals surface area contributed by atoms with Crippen molar-refractivity contribution in [1.29, 1.82) is 0 Å². The van der Waals surface area contributed by atoms with Crippen LogP contribution in [0.5, 0.6) is 5.75 Å². The number of rotatable bonds is 2. The van der Waals surface area contributed by atoms with Gasteiger partial charge in [-0.3, -0.25) is 4.57 Å². The Morgan fingerprint density at radius 3 is 2.48 bits per heavy atom. The van der Waals surface area contributed by atoms with Gasteiger partial charge in [-0.2, -0.15) is 0 Å². The van der Waals surface area contributed by atoms with E-state index in [-0.39, 0.29) is 11.7 Å². The molecule has 0 amide bonds. The summed E-state index contributed by atoms with van der Waals surface area (Å²) in [6, 6.07) is 7.11. The van der Waals surface area contributed by atoms with Gasteiger partial charge in [0.2, 0.25) is 5.96 Å². The van der Waals surface area contributed by atoms with Crippen LogP contribution in [0.2, 0.25) is 0 Å². The Morgan fingerprint density at radius 2 is 1.85 bits per heavy atom. The van der Waals surface area contributed by atoms with E-state index in [2.05, 4.69) is 10.3 Å². The molecule has 1 aliphatic rings. The Labute approximate surface area is 156 Å². The van der Waals surface area contributed by atoms with E-state index in [0.29, 0.717) is 5.76 Å². The summed E-state index contributed by atoms with van der Waals surface area (Å²) in [5.74, 6) is 0.907. The van der Waals surface area contributed by atoms with Gasteiger partial charge >= 0.3 is 0 Å². The molecule has 0 radical (unpaired) electrons. The van der Waals surface area contributed by atoms with Crippen molar-refractivity contribution in [2.45, 2.75) is 39.5 Å². The van der Waals surface area contributed by atoms with E-state index in [1.807, 2.05) is 30.5 Å². The lowest BCUT2D eigenvalue weighted by Gasteiger charge is -2.15. The van der Waals surface area contributed by atoms with Crippen molar-refractivity contribution in [3.8, 4) is 28.1 Å². The zero-order chi connectivity index (χ0) is 19.1. The summed E-state index contributed by atoms with van der Waals surface area (Å²) >= 11 is 0. The van der Waals surface area contributed by atoms with Crippen LogP contribution in [0.1, 0.15) is 35.6 Å². The predicted octanol–water partition coefficient (Wildman–Crippen LogP) is 3.56. The molecule has 0 unspecified atom stereocenters. The van der Waals surface area contributed by atoms with Crippen LogP contribution < -0.4 is 5.73 Å². The van der Waals surface area contributed by atoms with Crippen molar-refractivity contribution in [1.82, 2.24) is 9.72 Å². The summed E-state index contributed by atoms with van der Waals surface area (Å²) in [5.41, 5.74) is 12.7. The third kappa shape index (κ3) is 2.66. The maximum atomic E-state index is 9.71. The summed E-state index contributed by atoms with van der Waals surface area (Å²) in [5, 5.41) is 26.5. The minimum absolute atomic E-state index is 0.0215. The fourth-order valence-electron chi connectivity index (χ4n) is 4.09. The van der Waals surface area contributed by atoms with Crippen LogP contribution in [0.3, 0.4) is 0 Å². The van der Waals surface area contributed by atoms with Crippen LogP contribution >= 0.6 is 0 Å². The Balaban J connectivity index is 2.14. The van der Waals surface area contributed by atoms with Crippen LogP contribution in [-0.4, -0.2) is 26.0 Å². The Hall–Kier alpha value is -3.22. The number of phenolic OH excluding ortho intramolecular Hbond substituents is 1. The molecule has 4 N–H and O–H groups in total. The molecule has 1 aliphatic carbocycles. The number of aryl methyl sites for hydroxylation is 2. The van der Waals surface area contributed by atoms with E-state index < -0.39 is 0 Å². The molecule has 0 saturated heterocycles. The second-order valence-corrected chi connectivity index (χ2v) is 6.90. The number of nitrogens with zero attached hydrogens (tertiary/aromatic N) is 3. The lowest BCUT2D eigenvalue weighted by Crippen LogP contribution is -2.26. The van der Waals surface area contributed by atoms with Gasteiger partial charge in [0.15, 0.2) is 0 Å². The highest BCUT2D eigenvalue weighted by atomic mass is 16.5. The number of benzene rings is 1. The number of hydrogen-bond acceptors (Lipinski definition) is 5. The van der Waals surface area contributed by atoms with E-state index in [1.165, 1.54) is 5.56 Å². The first-order chi connectivity index (χ1) is 13.0. The quantitative estimate of drug-likeness (QED) is 0.278. The van der Waals surface area contributed by atoms with Gasteiger partial charge in [-0.05, 0) is 62.8 Å². The van der Waals surface area contributed by atoms with Crippen LogP contribution in [0, 0.1) is 13.8 Å². The lowest BCUT2D eigenvalue weighted by molar-refractivity contribution is 0.316. The topological polar surface area (TPSA) is 110 Å². The third-order valence-electron chi connectivity index (χ3n) is 5.23. The molecule has 0 aliphatic heterocycles. The Kier molecular flexibility index (Phi) is 4.14. The van der Waals surface area contributed by atoms with Crippen molar-refractivity contribution in [2.75, 3.05) is 0 Å². The van der Waals surface area contributed by atoms with E-state index in [1.54, 1.807) is 12.1 Å². The summed E-state index contributed by atoms with van der Waals surface area (Å²) in [4.78, 5) is 0. The van der Waals surface area contributed by atoms with Gasteiger partial charge in [0.1, 0.15) is 11.5 Å². The van der Waals surface area contributed by atoms with Gasteiger partial charge in [0.25, 0.3) is 0 Å². The molecule has 2 aromatic heterocycles. The van der Waals surface area contributed by atoms with Crippen molar-refractivity contribution < 1.29 is 14.8 Å². The molecular formula is C20H22N4O3. The van der Waals surface area contributed by atoms with Gasteiger partial charge in [-0.1, -0.05) is 22.4 Å². The fourth-order valence-corrected chi connectivity index (χ4v) is 4.09. The summed E-state index contributed by atoms with van der Waals surface area (Å²) in [6.07, 6.45) is 3.89. The van der Waals surface area contributed by atoms with Gasteiger partial charge < -0.3 is 20.6 Å². The normalized spacial score (nSPS) is 14.4. The minimum atomic E-state index is 0.0215. The highest BCUT2D eigenvalue weighted by Gasteiger charge is 2.30. The Bertz CT molecular complexity index is 1010. The summed E-state index contributed by atoms with van der Waals surface area (Å²) in [6.45, 7) is 3.74. The molecular weight excluding hydrogens is 344 g/mol. The molecule has 140 valence electrons. The maximum Gasteiger partial charge on any atom is 0.242 e. The number of phenols is 1. The molecule has 0 bridgehead atoms. The van der Waals surface area contributed by atoms with E-state index >= 15 is 0 Å². The molecule has 0 fully saturated rings. The van der Waals surface area contributed by atoms with Gasteiger partial charge in [0, 0.05) is 11.3 Å². The largest absolute Gasteiger partial charge is 0.508 e. The molecule has 0 atom stereocenters. The summed E-state index contributed by atoms with van der Waals surface area (Å²) < 4.78 is 7.24. The monoisotopic (exact) mass is 366 g/mol. The number of oxime groups is 1. The molecule has 2 heterocycles. The highest BCUT2D eigenvalue weighted by Crippen LogP contribution is 2.44. The Morgan fingerprint density at radius 1 is 1.15 bits per heavy atom. The standard InChI is InChI=1S/C20H22N4O3/c1-11-17(12(2)27-23-11)19-18(13-7-9-14(25)10-8-13)15-5-3-4-6-16(15)24(19)20(21)22-26/h7-10,25-26H,3-6H2,1-2H3,(H2,21,22). The van der Waals surface area contributed by atoms with Gasteiger partial charge in [-0.15, -0.1) is 0 Å². The van der Waals surface area contributed by atoms with Crippen LogP contribution in [0.25, 0.3) is 22.4 Å². The minimum Gasteiger partial charge on any atom is -0.508 e. The lowest BCUT2D eigenvalue weighted by atomic mass is 9.90. The first-order valence-electron chi connectivity index (χ1n) is 9.00. The van der Waals surface area contributed by atoms with Crippen LogP contribution in [0.15, 0.2) is 33.9 Å². The number of nitrogens with two attached hydrogens (primary N) is 1. The molecule has 7 heteroatoms. The van der Waals surface area contributed by atoms with Crippen molar-refractivity contribution in [3.63, 3.8) is 0 Å². The van der Waals surface area contributed by atoms with Crippen LogP contribution in [-0.2, 0) is 12.8 Å². The van der Waals surface area contributed by atoms with Crippen molar-refractivity contribution in [2.24, 2.45) is 10.9 Å². The number of aromatic hydroxyl groups is 1. The number of hydrogen-bond donors (Lipinski definition) is 3. The van der Waals surface area contributed by atoms with E-state index in [0.717, 1.165) is 59.5 Å².